The van der Waals surface area contributed by atoms with Crippen molar-refractivity contribution < 1.29 is 4.52 Å². The Morgan fingerprint density at radius 2 is 2.17 bits per heavy atom. The van der Waals surface area contributed by atoms with Gasteiger partial charge in [0.1, 0.15) is 11.1 Å². The quantitative estimate of drug-likeness (QED) is 0.648. The Bertz CT molecular complexity index is 865. The number of thiophene rings is 1. The average molecular weight is 342 g/mol. The Labute approximate surface area is 142 Å². The van der Waals surface area contributed by atoms with E-state index in [0.29, 0.717) is 22.3 Å². The first-order valence-corrected chi connectivity index (χ1v) is 8.77. The van der Waals surface area contributed by atoms with Crippen LogP contribution in [0, 0.1) is 25.2 Å². The van der Waals surface area contributed by atoms with Gasteiger partial charge in [-0.2, -0.15) is 10.2 Å². The van der Waals surface area contributed by atoms with Crippen LogP contribution in [-0.2, 0) is 0 Å². The molecule has 0 saturated carbocycles. The SMILES string of the molecule is Cc1cc(C)c(C#N)c(SC(C)c2nc(-c3cccs3)no2)n1. The van der Waals surface area contributed by atoms with Gasteiger partial charge in [0.2, 0.25) is 11.7 Å². The molecule has 0 aliphatic rings. The van der Waals surface area contributed by atoms with E-state index in [9.17, 15) is 5.26 Å². The van der Waals surface area contributed by atoms with Crippen LogP contribution in [0.3, 0.4) is 0 Å². The highest BCUT2D eigenvalue weighted by Gasteiger charge is 2.20. The van der Waals surface area contributed by atoms with E-state index in [1.165, 1.54) is 11.8 Å². The fourth-order valence-corrected chi connectivity index (χ4v) is 3.85. The largest absolute Gasteiger partial charge is 0.338 e. The molecule has 0 radical (unpaired) electrons. The van der Waals surface area contributed by atoms with Gasteiger partial charge < -0.3 is 4.52 Å². The minimum atomic E-state index is -0.0861. The summed E-state index contributed by atoms with van der Waals surface area (Å²) in [4.78, 5) is 9.90. The van der Waals surface area contributed by atoms with Crippen LogP contribution in [0.1, 0.15) is 34.9 Å². The lowest BCUT2D eigenvalue weighted by Crippen LogP contribution is -1.97. The maximum Gasteiger partial charge on any atom is 0.240 e. The molecule has 1 unspecified atom stereocenters. The van der Waals surface area contributed by atoms with E-state index in [2.05, 4.69) is 21.2 Å². The van der Waals surface area contributed by atoms with Gasteiger partial charge in [-0.05, 0) is 43.8 Å². The maximum atomic E-state index is 9.35. The Balaban J connectivity index is 1.85. The first kappa shape index (κ1) is 15.7. The second kappa shape index (κ2) is 6.52. The number of hydrogen-bond acceptors (Lipinski definition) is 7. The van der Waals surface area contributed by atoms with E-state index in [-0.39, 0.29) is 5.25 Å². The molecule has 0 aliphatic carbocycles. The Kier molecular flexibility index (Phi) is 4.46. The van der Waals surface area contributed by atoms with Crippen LogP contribution in [0.4, 0.5) is 0 Å². The summed E-state index contributed by atoms with van der Waals surface area (Å²) in [6.07, 6.45) is 0. The number of nitrogens with zero attached hydrogens (tertiary/aromatic N) is 4. The molecular weight excluding hydrogens is 328 g/mol. The zero-order chi connectivity index (χ0) is 16.4. The van der Waals surface area contributed by atoms with E-state index in [4.69, 9.17) is 4.52 Å². The Morgan fingerprint density at radius 1 is 1.35 bits per heavy atom. The van der Waals surface area contributed by atoms with E-state index in [1.54, 1.807) is 11.3 Å². The number of nitriles is 1. The van der Waals surface area contributed by atoms with Crippen molar-refractivity contribution in [2.75, 3.05) is 0 Å². The van der Waals surface area contributed by atoms with Gasteiger partial charge in [0.25, 0.3) is 0 Å². The summed E-state index contributed by atoms with van der Waals surface area (Å²) in [5.74, 6) is 1.12. The summed E-state index contributed by atoms with van der Waals surface area (Å²) in [6.45, 7) is 5.81. The molecule has 0 aromatic carbocycles. The van der Waals surface area contributed by atoms with E-state index < -0.39 is 0 Å². The predicted octanol–water partition coefficient (Wildman–Crippen LogP) is 4.53. The van der Waals surface area contributed by atoms with Crippen LogP contribution in [-0.4, -0.2) is 15.1 Å². The van der Waals surface area contributed by atoms with Gasteiger partial charge in [0.05, 0.1) is 15.7 Å². The lowest BCUT2D eigenvalue weighted by Gasteiger charge is -2.09. The number of thioether (sulfide) groups is 1. The molecule has 0 fully saturated rings. The molecule has 3 heterocycles. The van der Waals surface area contributed by atoms with Crippen LogP contribution in [0.25, 0.3) is 10.7 Å². The van der Waals surface area contributed by atoms with Gasteiger partial charge in [-0.1, -0.05) is 23.0 Å². The molecular formula is C16H14N4OS2. The summed E-state index contributed by atoms with van der Waals surface area (Å²) >= 11 is 3.03. The fourth-order valence-electron chi connectivity index (χ4n) is 2.15. The molecule has 3 aromatic rings. The van der Waals surface area contributed by atoms with Gasteiger partial charge in [0.15, 0.2) is 0 Å². The molecule has 3 rings (SSSR count). The average Bonchev–Trinajstić information content (AvgIpc) is 3.18. The highest BCUT2D eigenvalue weighted by atomic mass is 32.2. The minimum absolute atomic E-state index is 0.0861. The molecule has 0 amide bonds. The molecule has 0 aliphatic heterocycles. The molecule has 0 spiro atoms. The van der Waals surface area contributed by atoms with Crippen molar-refractivity contribution >= 4 is 23.1 Å². The summed E-state index contributed by atoms with van der Waals surface area (Å²) < 4.78 is 5.37. The standard InChI is InChI=1S/C16H14N4OS2/c1-9-7-10(2)18-16(12(9)8-17)23-11(3)15-19-14(20-21-15)13-5-4-6-22-13/h4-7,11H,1-3H3. The number of pyridine rings is 1. The number of aromatic nitrogens is 3. The summed E-state index contributed by atoms with van der Waals surface area (Å²) in [5, 5.41) is 16.0. The Hall–Kier alpha value is -2.17. The van der Waals surface area contributed by atoms with E-state index in [0.717, 1.165) is 16.1 Å². The lowest BCUT2D eigenvalue weighted by atomic mass is 10.1. The minimum Gasteiger partial charge on any atom is -0.338 e. The van der Waals surface area contributed by atoms with Crippen molar-refractivity contribution in [2.24, 2.45) is 0 Å². The van der Waals surface area contributed by atoms with E-state index in [1.807, 2.05) is 44.4 Å². The van der Waals surface area contributed by atoms with Crippen LogP contribution >= 0.6 is 23.1 Å². The molecule has 1 atom stereocenters. The van der Waals surface area contributed by atoms with Gasteiger partial charge in [-0.15, -0.1) is 11.3 Å². The van der Waals surface area contributed by atoms with Crippen molar-refractivity contribution in [1.29, 1.82) is 5.26 Å². The molecule has 0 bridgehead atoms. The highest BCUT2D eigenvalue weighted by Crippen LogP contribution is 2.36. The monoisotopic (exact) mass is 342 g/mol. The third kappa shape index (κ3) is 3.28. The van der Waals surface area contributed by atoms with Crippen molar-refractivity contribution in [2.45, 2.75) is 31.0 Å². The van der Waals surface area contributed by atoms with Crippen molar-refractivity contribution in [3.05, 3.63) is 46.3 Å². The third-order valence-corrected chi connectivity index (χ3v) is 5.18. The first-order chi connectivity index (χ1) is 11.1. The predicted molar refractivity (Wildman–Crippen MR) is 90.3 cm³/mol. The Morgan fingerprint density at radius 3 is 2.87 bits per heavy atom. The van der Waals surface area contributed by atoms with Crippen LogP contribution < -0.4 is 0 Å². The molecule has 5 nitrogen and oxygen atoms in total. The third-order valence-electron chi connectivity index (χ3n) is 3.24. The van der Waals surface area contributed by atoms with Crippen molar-refractivity contribution in [3.63, 3.8) is 0 Å². The molecule has 0 saturated heterocycles. The second-order valence-electron chi connectivity index (χ2n) is 5.07. The number of hydrogen-bond donors (Lipinski definition) is 0. The molecule has 116 valence electrons. The fraction of sp³-hybridized carbons (Fsp3) is 0.250. The molecule has 3 aromatic heterocycles. The second-order valence-corrected chi connectivity index (χ2v) is 7.34. The maximum absolute atomic E-state index is 9.35. The van der Waals surface area contributed by atoms with Gasteiger partial charge >= 0.3 is 0 Å². The molecule has 0 N–H and O–H groups in total. The summed E-state index contributed by atoms with van der Waals surface area (Å²) in [7, 11) is 0. The smallest absolute Gasteiger partial charge is 0.240 e. The van der Waals surface area contributed by atoms with Crippen molar-refractivity contribution in [3.8, 4) is 16.8 Å². The van der Waals surface area contributed by atoms with Gasteiger partial charge in [-0.25, -0.2) is 4.98 Å². The van der Waals surface area contributed by atoms with Crippen LogP contribution in [0.15, 0.2) is 33.1 Å². The van der Waals surface area contributed by atoms with Crippen LogP contribution in [0.5, 0.6) is 0 Å². The molecule has 7 heteroatoms. The highest BCUT2D eigenvalue weighted by molar-refractivity contribution is 7.99. The zero-order valence-corrected chi connectivity index (χ0v) is 14.5. The zero-order valence-electron chi connectivity index (χ0n) is 12.9. The summed E-state index contributed by atoms with van der Waals surface area (Å²) in [6, 6.07) is 8.04. The molecule has 23 heavy (non-hydrogen) atoms. The van der Waals surface area contributed by atoms with Crippen molar-refractivity contribution in [1.82, 2.24) is 15.1 Å². The normalized spacial score (nSPS) is 12.1. The summed E-state index contributed by atoms with van der Waals surface area (Å²) in [5.41, 5.74) is 2.42. The topological polar surface area (TPSA) is 75.6 Å². The van der Waals surface area contributed by atoms with Gasteiger partial charge in [0, 0.05) is 5.69 Å². The first-order valence-electron chi connectivity index (χ1n) is 7.01. The number of aryl methyl sites for hydroxylation is 2. The van der Waals surface area contributed by atoms with Crippen LogP contribution in [0.2, 0.25) is 0 Å². The van der Waals surface area contributed by atoms with E-state index >= 15 is 0 Å². The number of rotatable bonds is 4. The lowest BCUT2D eigenvalue weighted by molar-refractivity contribution is 0.381. The van der Waals surface area contributed by atoms with Gasteiger partial charge in [-0.3, -0.25) is 0 Å².